The second kappa shape index (κ2) is 8.63. The smallest absolute Gasteiger partial charge is 0.360 e. The van der Waals surface area contributed by atoms with Crippen LogP contribution in [0.15, 0.2) is 66.9 Å². The lowest BCUT2D eigenvalue weighted by Crippen LogP contribution is -2.09. The highest BCUT2D eigenvalue weighted by molar-refractivity contribution is 5.86. The maximum Gasteiger partial charge on any atom is 0.360 e. The highest BCUT2D eigenvalue weighted by Gasteiger charge is 2.12. The Bertz CT molecular complexity index is 788. The molecule has 0 aliphatic carbocycles. The number of carbonyl (C=O) groups is 1. The van der Waals surface area contributed by atoms with Gasteiger partial charge in [-0.05, 0) is 17.7 Å². The van der Waals surface area contributed by atoms with E-state index in [0.29, 0.717) is 19.6 Å². The van der Waals surface area contributed by atoms with Gasteiger partial charge in [0.15, 0.2) is 5.69 Å². The topological polar surface area (TPSA) is 66.2 Å². The molecule has 0 aliphatic heterocycles. The van der Waals surface area contributed by atoms with Crippen molar-refractivity contribution in [2.75, 3.05) is 13.2 Å². The quantitative estimate of drug-likeness (QED) is 0.467. The molecule has 3 aromatic rings. The van der Waals surface area contributed by atoms with Gasteiger partial charge in [-0.25, -0.2) is 9.48 Å². The molecule has 6 heteroatoms. The summed E-state index contributed by atoms with van der Waals surface area (Å²) in [5.41, 5.74) is 1.30. The van der Waals surface area contributed by atoms with Gasteiger partial charge >= 0.3 is 5.97 Å². The van der Waals surface area contributed by atoms with Gasteiger partial charge in [-0.2, -0.15) is 0 Å². The molecular weight excluding hydrogens is 318 g/mol. The molecule has 0 radical (unpaired) electrons. The zero-order valence-electron chi connectivity index (χ0n) is 13.7. The van der Waals surface area contributed by atoms with Crippen LogP contribution >= 0.6 is 0 Å². The predicted molar refractivity (Wildman–Crippen MR) is 92.4 cm³/mol. The summed E-state index contributed by atoms with van der Waals surface area (Å²) in [5.74, 6) is 0.330. The molecule has 1 aromatic heterocycles. The number of aromatic nitrogens is 3. The lowest BCUT2D eigenvalue weighted by atomic mass is 10.2. The SMILES string of the molecule is O=C(OCCCOc1ccccc1)c1cn(Cc2ccccc2)nn1. The summed E-state index contributed by atoms with van der Waals surface area (Å²) in [6.45, 7) is 1.32. The first-order valence-electron chi connectivity index (χ1n) is 8.10. The molecule has 0 unspecified atom stereocenters. The first-order valence-corrected chi connectivity index (χ1v) is 8.10. The van der Waals surface area contributed by atoms with E-state index in [1.807, 2.05) is 60.7 Å². The van der Waals surface area contributed by atoms with Crippen LogP contribution in [0.25, 0.3) is 0 Å². The van der Waals surface area contributed by atoms with E-state index in [9.17, 15) is 4.79 Å². The minimum absolute atomic E-state index is 0.208. The average molecular weight is 337 g/mol. The van der Waals surface area contributed by atoms with E-state index in [1.54, 1.807) is 10.9 Å². The molecule has 0 saturated carbocycles. The molecule has 128 valence electrons. The number of para-hydroxylation sites is 1. The molecule has 0 atom stereocenters. The zero-order valence-corrected chi connectivity index (χ0v) is 13.7. The third-order valence-electron chi connectivity index (χ3n) is 3.47. The first kappa shape index (κ1) is 16.7. The summed E-state index contributed by atoms with van der Waals surface area (Å²) in [5, 5.41) is 7.82. The zero-order chi connectivity index (χ0) is 17.3. The van der Waals surface area contributed by atoms with Crippen molar-refractivity contribution in [3.63, 3.8) is 0 Å². The molecule has 0 aliphatic rings. The van der Waals surface area contributed by atoms with Crippen molar-refractivity contribution in [1.29, 1.82) is 0 Å². The van der Waals surface area contributed by atoms with E-state index in [4.69, 9.17) is 9.47 Å². The lowest BCUT2D eigenvalue weighted by Gasteiger charge is -2.06. The number of hydrogen-bond donors (Lipinski definition) is 0. The fourth-order valence-electron chi connectivity index (χ4n) is 2.24. The molecule has 0 fully saturated rings. The van der Waals surface area contributed by atoms with Crippen LogP contribution < -0.4 is 4.74 Å². The van der Waals surface area contributed by atoms with E-state index in [1.165, 1.54) is 0 Å². The van der Waals surface area contributed by atoms with Gasteiger partial charge in [0.2, 0.25) is 0 Å². The van der Waals surface area contributed by atoms with Crippen molar-refractivity contribution in [2.24, 2.45) is 0 Å². The number of esters is 1. The van der Waals surface area contributed by atoms with Crippen LogP contribution in [-0.4, -0.2) is 34.2 Å². The third kappa shape index (κ3) is 5.17. The minimum atomic E-state index is -0.473. The van der Waals surface area contributed by atoms with Gasteiger partial charge in [0.05, 0.1) is 26.0 Å². The Balaban J connectivity index is 1.40. The Morgan fingerprint density at radius 1 is 0.960 bits per heavy atom. The van der Waals surface area contributed by atoms with Gasteiger partial charge in [0.1, 0.15) is 5.75 Å². The summed E-state index contributed by atoms with van der Waals surface area (Å²) < 4.78 is 12.4. The molecule has 0 amide bonds. The molecule has 6 nitrogen and oxygen atoms in total. The largest absolute Gasteiger partial charge is 0.493 e. The van der Waals surface area contributed by atoms with Crippen molar-refractivity contribution in [3.05, 3.63) is 78.1 Å². The van der Waals surface area contributed by atoms with Crippen LogP contribution in [0.1, 0.15) is 22.5 Å². The highest BCUT2D eigenvalue weighted by Crippen LogP contribution is 2.08. The molecular formula is C19H19N3O3. The Hall–Kier alpha value is -3.15. The van der Waals surface area contributed by atoms with Crippen molar-refractivity contribution in [3.8, 4) is 5.75 Å². The Morgan fingerprint density at radius 2 is 1.68 bits per heavy atom. The van der Waals surface area contributed by atoms with Gasteiger partial charge in [0.25, 0.3) is 0 Å². The Morgan fingerprint density at radius 3 is 2.44 bits per heavy atom. The fraction of sp³-hybridized carbons (Fsp3) is 0.211. The average Bonchev–Trinajstić information content (AvgIpc) is 3.11. The molecule has 1 heterocycles. The number of carbonyl (C=O) groups excluding carboxylic acids is 1. The number of ether oxygens (including phenoxy) is 2. The second-order valence-corrected chi connectivity index (χ2v) is 5.44. The van der Waals surface area contributed by atoms with Gasteiger partial charge in [-0.15, -0.1) is 5.10 Å². The van der Waals surface area contributed by atoms with Crippen LogP contribution in [0, 0.1) is 0 Å². The third-order valence-corrected chi connectivity index (χ3v) is 3.47. The first-order chi connectivity index (χ1) is 12.3. The molecule has 25 heavy (non-hydrogen) atoms. The van der Waals surface area contributed by atoms with Gasteiger partial charge in [-0.1, -0.05) is 53.7 Å². The van der Waals surface area contributed by atoms with Crippen molar-refractivity contribution in [2.45, 2.75) is 13.0 Å². The van der Waals surface area contributed by atoms with Crippen LogP contribution in [0.2, 0.25) is 0 Å². The van der Waals surface area contributed by atoms with Crippen LogP contribution in [0.5, 0.6) is 5.75 Å². The fourth-order valence-corrected chi connectivity index (χ4v) is 2.24. The maximum absolute atomic E-state index is 12.0. The Kier molecular flexibility index (Phi) is 5.77. The minimum Gasteiger partial charge on any atom is -0.493 e. The summed E-state index contributed by atoms with van der Waals surface area (Å²) in [7, 11) is 0. The number of nitrogens with zero attached hydrogens (tertiary/aromatic N) is 3. The summed E-state index contributed by atoms with van der Waals surface area (Å²) in [6, 6.07) is 19.4. The maximum atomic E-state index is 12.0. The molecule has 0 bridgehead atoms. The van der Waals surface area contributed by atoms with Crippen LogP contribution in [-0.2, 0) is 11.3 Å². The number of hydrogen-bond acceptors (Lipinski definition) is 5. The summed E-state index contributed by atoms with van der Waals surface area (Å²) in [4.78, 5) is 12.0. The highest BCUT2D eigenvalue weighted by atomic mass is 16.5. The van der Waals surface area contributed by atoms with Gasteiger partial charge in [-0.3, -0.25) is 0 Å². The van der Waals surface area contributed by atoms with Gasteiger partial charge < -0.3 is 9.47 Å². The molecule has 0 spiro atoms. The second-order valence-electron chi connectivity index (χ2n) is 5.44. The summed E-state index contributed by atoms with van der Waals surface area (Å²) in [6.07, 6.45) is 2.20. The monoisotopic (exact) mass is 337 g/mol. The molecule has 3 rings (SSSR count). The number of rotatable bonds is 8. The molecule has 2 aromatic carbocycles. The van der Waals surface area contributed by atoms with Crippen LogP contribution in [0.4, 0.5) is 0 Å². The van der Waals surface area contributed by atoms with Crippen LogP contribution in [0.3, 0.4) is 0 Å². The predicted octanol–water partition coefficient (Wildman–Crippen LogP) is 2.95. The summed E-state index contributed by atoms with van der Waals surface area (Å²) >= 11 is 0. The van der Waals surface area contributed by atoms with E-state index >= 15 is 0 Å². The van der Waals surface area contributed by atoms with Crippen molar-refractivity contribution in [1.82, 2.24) is 15.0 Å². The van der Waals surface area contributed by atoms with E-state index in [2.05, 4.69) is 10.3 Å². The number of benzene rings is 2. The lowest BCUT2D eigenvalue weighted by molar-refractivity contribution is 0.0479. The molecule has 0 saturated heterocycles. The van der Waals surface area contributed by atoms with Crippen molar-refractivity contribution >= 4 is 5.97 Å². The van der Waals surface area contributed by atoms with Crippen molar-refractivity contribution < 1.29 is 14.3 Å². The van der Waals surface area contributed by atoms with E-state index in [-0.39, 0.29) is 12.3 Å². The van der Waals surface area contributed by atoms with E-state index < -0.39 is 5.97 Å². The van der Waals surface area contributed by atoms with E-state index in [0.717, 1.165) is 11.3 Å². The standard InChI is InChI=1S/C19H19N3O3/c23-19(25-13-7-12-24-17-10-5-2-6-11-17)18-15-22(21-20-18)14-16-8-3-1-4-9-16/h1-6,8-11,15H,7,12-14H2. The molecule has 0 N–H and O–H groups in total. The Labute approximate surface area is 146 Å². The normalized spacial score (nSPS) is 10.4. The van der Waals surface area contributed by atoms with Gasteiger partial charge in [0, 0.05) is 6.42 Å².